The fraction of sp³-hybridized carbons (Fsp3) is 1.00. The van der Waals surface area contributed by atoms with E-state index in [0.717, 1.165) is 57.6 Å². The van der Waals surface area contributed by atoms with Gasteiger partial charge in [-0.05, 0) is 135 Å². The highest BCUT2D eigenvalue weighted by atomic mass is 32.2. The SMILES string of the molecule is C[C@H](CCCOS(C)(=O)=O)C1CC[C@H]2C3[C@H](OCCCN=[N+]=[N-])CC4C[C@H](OCCCN=[N+]=[N-])CC[C@]4(C)[C@H]3C[C@H](OCCCN=[N+]=[N-])[C@]12C. The highest BCUT2D eigenvalue weighted by Crippen LogP contribution is 2.69. The average molecular weight is 722 g/mol. The van der Waals surface area contributed by atoms with Crippen LogP contribution in [0.2, 0.25) is 0 Å². The lowest BCUT2D eigenvalue weighted by atomic mass is 9.43. The number of hydrogen-bond acceptors (Lipinski definition) is 9. The summed E-state index contributed by atoms with van der Waals surface area (Å²) in [5, 5.41) is 11.1. The van der Waals surface area contributed by atoms with Gasteiger partial charge in [-0.2, -0.15) is 8.42 Å². The molecule has 0 aliphatic heterocycles. The first-order valence-electron chi connectivity index (χ1n) is 18.7. The first kappa shape index (κ1) is 40.5. The lowest BCUT2D eigenvalue weighted by Gasteiger charge is -2.65. The van der Waals surface area contributed by atoms with Gasteiger partial charge in [-0.3, -0.25) is 4.18 Å². The molecule has 3 unspecified atom stereocenters. The van der Waals surface area contributed by atoms with Gasteiger partial charge in [0, 0.05) is 59.6 Å². The normalized spacial score (nSPS) is 35.4. The molecule has 0 aromatic rings. The molecule has 4 fully saturated rings. The number of fused-ring (bicyclic) bond motifs is 5. The van der Waals surface area contributed by atoms with Crippen molar-refractivity contribution in [3.63, 3.8) is 0 Å². The summed E-state index contributed by atoms with van der Waals surface area (Å²) in [6.45, 7) is 10.4. The zero-order valence-electron chi connectivity index (χ0n) is 30.5. The number of rotatable bonds is 21. The van der Waals surface area contributed by atoms with Crippen molar-refractivity contribution in [1.82, 2.24) is 0 Å². The van der Waals surface area contributed by atoms with Crippen LogP contribution >= 0.6 is 0 Å². The van der Waals surface area contributed by atoms with Crippen LogP contribution in [-0.4, -0.2) is 79.0 Å². The van der Waals surface area contributed by atoms with E-state index in [1.807, 2.05) is 0 Å². The Morgan fingerprint density at radius 2 is 1.40 bits per heavy atom. The third-order valence-corrected chi connectivity index (χ3v) is 13.5. The van der Waals surface area contributed by atoms with E-state index >= 15 is 0 Å². The van der Waals surface area contributed by atoms with Gasteiger partial charge in [0.2, 0.25) is 0 Å². The van der Waals surface area contributed by atoms with E-state index in [-0.39, 0.29) is 35.7 Å². The largest absolute Gasteiger partial charge is 0.378 e. The summed E-state index contributed by atoms with van der Waals surface area (Å²) in [7, 11) is -3.47. The molecule has 11 atom stereocenters. The standard InChI is InChI=1S/C34H59N9O6S/c1-24(9-5-20-49-50(4,44)45)27-10-11-28-32-29(23-31(34(27,28)3)48-19-8-16-40-43-37)33(2)13-12-26(46-17-6-14-38-41-35)21-25(33)22-30(32)47-18-7-15-39-42-36/h24-32H,5-23H2,1-4H3/t24-,25?,26-,27?,28+,29+,30-,31+,32?,33+,34-/m1/s1. The lowest BCUT2D eigenvalue weighted by molar-refractivity contribution is -0.227. The van der Waals surface area contributed by atoms with Crippen molar-refractivity contribution >= 4 is 10.1 Å². The molecule has 0 amide bonds. The maximum Gasteiger partial charge on any atom is 0.264 e. The fourth-order valence-electron chi connectivity index (χ4n) is 10.7. The highest BCUT2D eigenvalue weighted by Gasteiger charge is 2.66. The van der Waals surface area contributed by atoms with Crippen LogP contribution in [0.5, 0.6) is 0 Å². The fourth-order valence-corrected chi connectivity index (χ4v) is 11.1. The Bertz CT molecular complexity index is 1350. The summed E-state index contributed by atoms with van der Waals surface area (Å²) >= 11 is 0. The molecule has 15 nitrogen and oxygen atoms in total. The molecule has 50 heavy (non-hydrogen) atoms. The van der Waals surface area contributed by atoms with Crippen LogP contribution < -0.4 is 0 Å². The molecule has 4 rings (SSSR count). The van der Waals surface area contributed by atoms with Crippen LogP contribution in [0.3, 0.4) is 0 Å². The summed E-state index contributed by atoms with van der Waals surface area (Å²) in [5.74, 6) is 2.38. The molecule has 282 valence electrons. The molecule has 4 aliphatic carbocycles. The number of nitrogens with zero attached hydrogens (tertiary/aromatic N) is 9. The van der Waals surface area contributed by atoms with Gasteiger partial charge in [-0.15, -0.1) is 0 Å². The van der Waals surface area contributed by atoms with Crippen LogP contribution in [-0.2, 0) is 28.5 Å². The van der Waals surface area contributed by atoms with Crippen molar-refractivity contribution < 1.29 is 26.8 Å². The van der Waals surface area contributed by atoms with E-state index in [4.69, 9.17) is 35.0 Å². The van der Waals surface area contributed by atoms with Crippen LogP contribution in [0.15, 0.2) is 15.3 Å². The molecule has 0 N–H and O–H groups in total. The second-order valence-electron chi connectivity index (χ2n) is 15.6. The minimum Gasteiger partial charge on any atom is -0.378 e. The Hall–Kier alpha value is -2.28. The van der Waals surface area contributed by atoms with Crippen molar-refractivity contribution in [2.75, 3.05) is 52.3 Å². The van der Waals surface area contributed by atoms with Crippen molar-refractivity contribution in [2.45, 2.75) is 116 Å². The van der Waals surface area contributed by atoms with Gasteiger partial charge in [0.1, 0.15) is 0 Å². The van der Waals surface area contributed by atoms with Gasteiger partial charge < -0.3 is 14.2 Å². The Balaban J connectivity index is 1.59. The molecule has 4 aliphatic rings. The molecule has 0 spiro atoms. The molecule has 0 aromatic heterocycles. The van der Waals surface area contributed by atoms with E-state index in [1.165, 1.54) is 0 Å². The first-order valence-corrected chi connectivity index (χ1v) is 20.5. The summed E-state index contributed by atoms with van der Waals surface area (Å²) in [6.07, 6.45) is 12.2. The van der Waals surface area contributed by atoms with E-state index in [1.54, 1.807) is 0 Å². The monoisotopic (exact) mass is 721 g/mol. The topological polar surface area (TPSA) is 217 Å². The van der Waals surface area contributed by atoms with Crippen molar-refractivity contribution in [1.29, 1.82) is 0 Å². The van der Waals surface area contributed by atoms with Crippen molar-refractivity contribution in [2.24, 2.45) is 61.7 Å². The maximum absolute atomic E-state index is 11.6. The van der Waals surface area contributed by atoms with Crippen LogP contribution in [0.1, 0.15) is 97.8 Å². The average Bonchev–Trinajstić information content (AvgIpc) is 3.44. The quantitative estimate of drug-likeness (QED) is 0.0371. The molecule has 0 saturated heterocycles. The Labute approximate surface area is 297 Å². The Morgan fingerprint density at radius 1 is 0.780 bits per heavy atom. The minimum absolute atomic E-state index is 0.0397. The zero-order valence-corrected chi connectivity index (χ0v) is 31.3. The van der Waals surface area contributed by atoms with Gasteiger partial charge in [0.15, 0.2) is 0 Å². The first-order chi connectivity index (χ1) is 24.0. The lowest BCUT2D eigenvalue weighted by Crippen LogP contribution is -2.63. The van der Waals surface area contributed by atoms with E-state index in [2.05, 4.69) is 50.8 Å². The molecule has 0 bridgehead atoms. The number of ether oxygens (including phenoxy) is 3. The molecular weight excluding hydrogens is 662 g/mol. The maximum atomic E-state index is 11.6. The van der Waals surface area contributed by atoms with Crippen molar-refractivity contribution in [3.8, 4) is 0 Å². The number of azide groups is 3. The second kappa shape index (κ2) is 19.0. The summed E-state index contributed by atoms with van der Waals surface area (Å²) in [5.41, 5.74) is 26.3. The van der Waals surface area contributed by atoms with Gasteiger partial charge in [0.05, 0.1) is 31.2 Å². The molecule has 16 heteroatoms. The third kappa shape index (κ3) is 9.98. The summed E-state index contributed by atoms with van der Waals surface area (Å²) < 4.78 is 48.3. The third-order valence-electron chi connectivity index (χ3n) is 12.9. The highest BCUT2D eigenvalue weighted by molar-refractivity contribution is 7.85. The molecule has 0 radical (unpaired) electrons. The molecule has 0 aromatic carbocycles. The van der Waals surface area contributed by atoms with Gasteiger partial charge in [-0.1, -0.05) is 36.1 Å². The van der Waals surface area contributed by atoms with E-state index in [9.17, 15) is 8.42 Å². The number of hydrogen-bond donors (Lipinski definition) is 0. The summed E-state index contributed by atoms with van der Waals surface area (Å²) in [4.78, 5) is 8.70. The Kier molecular flexibility index (Phi) is 15.4. The summed E-state index contributed by atoms with van der Waals surface area (Å²) in [6, 6.07) is 0. The van der Waals surface area contributed by atoms with Gasteiger partial charge in [-0.25, -0.2) is 0 Å². The zero-order chi connectivity index (χ0) is 36.2. The van der Waals surface area contributed by atoms with E-state index in [0.29, 0.717) is 101 Å². The van der Waals surface area contributed by atoms with E-state index < -0.39 is 10.1 Å². The smallest absolute Gasteiger partial charge is 0.264 e. The molecule has 0 heterocycles. The molecular formula is C34H59N9O6S. The minimum atomic E-state index is -3.47. The molecule has 4 saturated carbocycles. The second-order valence-corrected chi connectivity index (χ2v) is 17.3. The predicted octanol–water partition coefficient (Wildman–Crippen LogP) is 8.51. The van der Waals surface area contributed by atoms with Crippen LogP contribution in [0.25, 0.3) is 31.3 Å². The predicted molar refractivity (Wildman–Crippen MR) is 190 cm³/mol. The Morgan fingerprint density at radius 3 is 2.02 bits per heavy atom. The van der Waals surface area contributed by atoms with Crippen LogP contribution in [0.4, 0.5) is 0 Å². The van der Waals surface area contributed by atoms with Crippen molar-refractivity contribution in [3.05, 3.63) is 31.3 Å². The van der Waals surface area contributed by atoms with Crippen LogP contribution in [0, 0.1) is 46.3 Å². The van der Waals surface area contributed by atoms with Gasteiger partial charge >= 0.3 is 0 Å². The van der Waals surface area contributed by atoms with Gasteiger partial charge in [0.25, 0.3) is 10.1 Å².